The summed E-state index contributed by atoms with van der Waals surface area (Å²) in [5.74, 6) is 0.387. The Balaban J connectivity index is 1.97. The molecule has 14 heavy (non-hydrogen) atoms. The van der Waals surface area contributed by atoms with Gasteiger partial charge in [0.1, 0.15) is 0 Å². The Hall–Kier alpha value is -0.870. The second-order valence-corrected chi connectivity index (χ2v) is 4.82. The Morgan fingerprint density at radius 3 is 2.93 bits per heavy atom. The average Bonchev–Trinajstić information content (AvgIpc) is 2.49. The molecule has 1 aliphatic rings. The van der Waals surface area contributed by atoms with Gasteiger partial charge in [-0.15, -0.1) is 11.3 Å². The molecule has 2 heterocycles. The quantitative estimate of drug-likeness (QED) is 0.796. The number of carbonyl (C=O) groups is 1. The van der Waals surface area contributed by atoms with Gasteiger partial charge >= 0.3 is 0 Å². The van der Waals surface area contributed by atoms with Gasteiger partial charge in [-0.1, -0.05) is 0 Å². The summed E-state index contributed by atoms with van der Waals surface area (Å²) >= 11 is 1.59. The molecule has 1 saturated heterocycles. The van der Waals surface area contributed by atoms with Crippen molar-refractivity contribution in [1.82, 2.24) is 4.90 Å². The Kier molecular flexibility index (Phi) is 2.56. The summed E-state index contributed by atoms with van der Waals surface area (Å²) in [4.78, 5) is 14.7. The maximum absolute atomic E-state index is 11.8. The first-order chi connectivity index (χ1) is 6.70. The largest absolute Gasteiger partial charge is 0.396 e. The maximum atomic E-state index is 11.8. The van der Waals surface area contributed by atoms with Crippen LogP contribution in [0, 0.1) is 12.8 Å². The lowest BCUT2D eigenvalue weighted by Crippen LogP contribution is -2.51. The molecule has 0 radical (unpaired) electrons. The number of aliphatic hydroxyl groups is 1. The van der Waals surface area contributed by atoms with E-state index in [0.29, 0.717) is 19.0 Å². The molecule has 1 fully saturated rings. The van der Waals surface area contributed by atoms with Crippen molar-refractivity contribution in [3.63, 3.8) is 0 Å². The lowest BCUT2D eigenvalue weighted by Gasteiger charge is -2.38. The van der Waals surface area contributed by atoms with Crippen molar-refractivity contribution in [3.05, 3.63) is 21.9 Å². The molecule has 2 rings (SSSR count). The highest BCUT2D eigenvalue weighted by Gasteiger charge is 2.30. The predicted octanol–water partition coefficient (Wildman–Crippen LogP) is 1.12. The minimum atomic E-state index is 0.0963. The monoisotopic (exact) mass is 211 g/mol. The third-order valence-electron chi connectivity index (χ3n) is 2.48. The van der Waals surface area contributed by atoms with E-state index in [1.54, 1.807) is 16.2 Å². The third kappa shape index (κ3) is 1.67. The number of carbonyl (C=O) groups excluding carboxylic acids is 1. The van der Waals surface area contributed by atoms with Crippen molar-refractivity contribution < 1.29 is 9.90 Å². The number of likely N-dealkylation sites (tertiary alicyclic amines) is 1. The second-order valence-electron chi connectivity index (χ2n) is 3.70. The number of nitrogens with zero attached hydrogens (tertiary/aromatic N) is 1. The van der Waals surface area contributed by atoms with Crippen LogP contribution in [0.25, 0.3) is 0 Å². The van der Waals surface area contributed by atoms with Gasteiger partial charge < -0.3 is 10.0 Å². The van der Waals surface area contributed by atoms with E-state index in [-0.39, 0.29) is 12.5 Å². The minimum Gasteiger partial charge on any atom is -0.396 e. The number of aryl methyl sites for hydroxylation is 1. The van der Waals surface area contributed by atoms with Gasteiger partial charge in [-0.2, -0.15) is 0 Å². The maximum Gasteiger partial charge on any atom is 0.254 e. The molecular weight excluding hydrogens is 198 g/mol. The summed E-state index contributed by atoms with van der Waals surface area (Å²) in [6, 6.07) is 1.92. The SMILES string of the molecule is Cc1cc(C(=O)N2CC(CO)C2)cs1. The van der Waals surface area contributed by atoms with Gasteiger partial charge in [0.05, 0.1) is 5.56 Å². The summed E-state index contributed by atoms with van der Waals surface area (Å²) in [5, 5.41) is 10.7. The summed E-state index contributed by atoms with van der Waals surface area (Å²) in [5.41, 5.74) is 0.781. The number of hydrogen-bond donors (Lipinski definition) is 1. The van der Waals surface area contributed by atoms with E-state index >= 15 is 0 Å². The van der Waals surface area contributed by atoms with E-state index in [2.05, 4.69) is 0 Å². The number of rotatable bonds is 2. The highest BCUT2D eigenvalue weighted by molar-refractivity contribution is 7.10. The van der Waals surface area contributed by atoms with Crippen LogP contribution in [0.1, 0.15) is 15.2 Å². The smallest absolute Gasteiger partial charge is 0.254 e. The zero-order valence-corrected chi connectivity index (χ0v) is 8.88. The topological polar surface area (TPSA) is 40.5 Å². The van der Waals surface area contributed by atoms with Gasteiger partial charge in [0.25, 0.3) is 5.91 Å². The molecule has 4 heteroatoms. The van der Waals surface area contributed by atoms with E-state index < -0.39 is 0 Å². The van der Waals surface area contributed by atoms with Gasteiger partial charge in [0.15, 0.2) is 0 Å². The molecule has 76 valence electrons. The molecule has 1 N–H and O–H groups in total. The number of hydrogen-bond acceptors (Lipinski definition) is 3. The van der Waals surface area contributed by atoms with Crippen LogP contribution >= 0.6 is 11.3 Å². The summed E-state index contributed by atoms with van der Waals surface area (Å²) in [6.07, 6.45) is 0. The molecule has 1 aromatic rings. The normalized spacial score (nSPS) is 16.9. The summed E-state index contributed by atoms with van der Waals surface area (Å²) in [7, 11) is 0. The van der Waals surface area contributed by atoms with Crippen LogP contribution < -0.4 is 0 Å². The summed E-state index contributed by atoms with van der Waals surface area (Å²) < 4.78 is 0. The van der Waals surface area contributed by atoms with Crippen LogP contribution in [-0.2, 0) is 0 Å². The van der Waals surface area contributed by atoms with Crippen LogP contribution in [0.2, 0.25) is 0 Å². The zero-order chi connectivity index (χ0) is 10.1. The fourth-order valence-electron chi connectivity index (χ4n) is 1.59. The molecule has 3 nitrogen and oxygen atoms in total. The first-order valence-electron chi connectivity index (χ1n) is 4.66. The molecule has 0 aromatic carbocycles. The fraction of sp³-hybridized carbons (Fsp3) is 0.500. The van der Waals surface area contributed by atoms with Crippen molar-refractivity contribution in [2.24, 2.45) is 5.92 Å². The highest BCUT2D eigenvalue weighted by Crippen LogP contribution is 2.21. The van der Waals surface area contributed by atoms with Crippen LogP contribution in [-0.4, -0.2) is 35.6 Å². The van der Waals surface area contributed by atoms with Crippen molar-refractivity contribution in [3.8, 4) is 0 Å². The number of aliphatic hydroxyl groups excluding tert-OH is 1. The van der Waals surface area contributed by atoms with Crippen LogP contribution in [0.4, 0.5) is 0 Å². The van der Waals surface area contributed by atoms with E-state index in [0.717, 1.165) is 10.4 Å². The predicted molar refractivity (Wildman–Crippen MR) is 55.5 cm³/mol. The molecule has 0 saturated carbocycles. The van der Waals surface area contributed by atoms with Crippen molar-refractivity contribution in [2.45, 2.75) is 6.92 Å². The van der Waals surface area contributed by atoms with Crippen LogP contribution in [0.15, 0.2) is 11.4 Å². The van der Waals surface area contributed by atoms with Crippen molar-refractivity contribution >= 4 is 17.2 Å². The molecular formula is C10H13NO2S. The van der Waals surface area contributed by atoms with E-state index in [9.17, 15) is 4.79 Å². The Morgan fingerprint density at radius 2 is 2.43 bits per heavy atom. The van der Waals surface area contributed by atoms with Crippen LogP contribution in [0.5, 0.6) is 0 Å². The second kappa shape index (κ2) is 3.71. The van der Waals surface area contributed by atoms with E-state index in [1.165, 1.54) is 0 Å². The average molecular weight is 211 g/mol. The van der Waals surface area contributed by atoms with Gasteiger partial charge in [0.2, 0.25) is 0 Å². The van der Waals surface area contributed by atoms with Gasteiger partial charge in [0, 0.05) is 35.9 Å². The molecule has 0 atom stereocenters. The highest BCUT2D eigenvalue weighted by atomic mass is 32.1. The van der Waals surface area contributed by atoms with Gasteiger partial charge in [-0.25, -0.2) is 0 Å². The number of thiophene rings is 1. The van der Waals surface area contributed by atoms with E-state index in [4.69, 9.17) is 5.11 Å². The molecule has 1 aromatic heterocycles. The Bertz CT molecular complexity index is 342. The third-order valence-corrected chi connectivity index (χ3v) is 3.34. The lowest BCUT2D eigenvalue weighted by atomic mass is 10.0. The van der Waals surface area contributed by atoms with Crippen LogP contribution in [0.3, 0.4) is 0 Å². The lowest BCUT2D eigenvalue weighted by molar-refractivity contribution is 0.0362. The summed E-state index contributed by atoms with van der Waals surface area (Å²) in [6.45, 7) is 3.58. The first kappa shape index (κ1) is 9.68. The molecule has 0 aliphatic carbocycles. The molecule has 0 bridgehead atoms. The molecule has 0 spiro atoms. The van der Waals surface area contributed by atoms with Gasteiger partial charge in [-0.3, -0.25) is 4.79 Å². The minimum absolute atomic E-state index is 0.0963. The Morgan fingerprint density at radius 1 is 1.71 bits per heavy atom. The first-order valence-corrected chi connectivity index (χ1v) is 5.54. The zero-order valence-electron chi connectivity index (χ0n) is 8.06. The van der Waals surface area contributed by atoms with Crippen molar-refractivity contribution in [2.75, 3.05) is 19.7 Å². The molecule has 1 amide bonds. The molecule has 1 aliphatic heterocycles. The van der Waals surface area contributed by atoms with Crippen molar-refractivity contribution in [1.29, 1.82) is 0 Å². The molecule has 0 unspecified atom stereocenters. The van der Waals surface area contributed by atoms with Gasteiger partial charge in [-0.05, 0) is 13.0 Å². The Labute approximate surface area is 87.0 Å². The fourth-order valence-corrected chi connectivity index (χ4v) is 2.27. The standard InChI is InChI=1S/C10H13NO2S/c1-7-2-9(6-14-7)10(13)11-3-8(4-11)5-12/h2,6,8,12H,3-5H2,1H3. The number of amides is 1. The van der Waals surface area contributed by atoms with E-state index in [1.807, 2.05) is 18.4 Å².